The SMILES string of the molecule is C.C.CC(C)NC(C)C(=O)C(C)C. The molecule has 2 heteroatoms. The van der Waals surface area contributed by atoms with Gasteiger partial charge in [-0.1, -0.05) is 42.5 Å². The first-order valence-corrected chi connectivity index (χ1v) is 4.25. The second-order valence-electron chi connectivity index (χ2n) is 3.60. The minimum Gasteiger partial charge on any atom is -0.305 e. The number of carbonyl (C=O) groups is 1. The Kier molecular flexibility index (Phi) is 11.7. The monoisotopic (exact) mass is 189 g/mol. The highest BCUT2D eigenvalue weighted by Gasteiger charge is 2.15. The lowest BCUT2D eigenvalue weighted by Crippen LogP contribution is -2.40. The number of nitrogens with one attached hydrogen (secondary N) is 1. The highest BCUT2D eigenvalue weighted by Crippen LogP contribution is 1.99. The fraction of sp³-hybridized carbons (Fsp3) is 0.909. The summed E-state index contributed by atoms with van der Waals surface area (Å²) < 4.78 is 0. The maximum Gasteiger partial charge on any atom is 0.151 e. The molecule has 1 atom stereocenters. The highest BCUT2D eigenvalue weighted by atomic mass is 16.1. The average molecular weight is 189 g/mol. The summed E-state index contributed by atoms with van der Waals surface area (Å²) in [5, 5.41) is 3.17. The molecule has 0 fully saturated rings. The lowest BCUT2D eigenvalue weighted by atomic mass is 10.0. The smallest absolute Gasteiger partial charge is 0.151 e. The van der Waals surface area contributed by atoms with Crippen LogP contribution in [0.1, 0.15) is 49.5 Å². The minimum absolute atomic E-state index is 0. The van der Waals surface area contributed by atoms with Gasteiger partial charge in [-0.25, -0.2) is 0 Å². The summed E-state index contributed by atoms with van der Waals surface area (Å²) in [4.78, 5) is 11.3. The van der Waals surface area contributed by atoms with E-state index in [1.807, 2.05) is 34.6 Å². The molecule has 0 aromatic carbocycles. The predicted molar refractivity (Wildman–Crippen MR) is 61.0 cm³/mol. The van der Waals surface area contributed by atoms with Crippen LogP contribution >= 0.6 is 0 Å². The van der Waals surface area contributed by atoms with Crippen molar-refractivity contribution in [3.63, 3.8) is 0 Å². The van der Waals surface area contributed by atoms with Crippen molar-refractivity contribution in [3.05, 3.63) is 0 Å². The van der Waals surface area contributed by atoms with Crippen molar-refractivity contribution < 1.29 is 4.79 Å². The summed E-state index contributed by atoms with van der Waals surface area (Å²) >= 11 is 0. The van der Waals surface area contributed by atoms with Gasteiger partial charge in [0.15, 0.2) is 5.78 Å². The van der Waals surface area contributed by atoms with E-state index in [1.165, 1.54) is 0 Å². The number of carbonyl (C=O) groups excluding carboxylic acids is 1. The third-order valence-electron chi connectivity index (χ3n) is 1.58. The van der Waals surface area contributed by atoms with E-state index in [-0.39, 0.29) is 26.8 Å². The minimum atomic E-state index is -0.00463. The van der Waals surface area contributed by atoms with Crippen molar-refractivity contribution >= 4 is 5.78 Å². The predicted octanol–water partition coefficient (Wildman–Crippen LogP) is 2.87. The van der Waals surface area contributed by atoms with Crippen molar-refractivity contribution in [1.29, 1.82) is 0 Å². The second-order valence-corrected chi connectivity index (χ2v) is 3.60. The number of ketones is 1. The van der Waals surface area contributed by atoms with E-state index < -0.39 is 0 Å². The van der Waals surface area contributed by atoms with Crippen LogP contribution in [0.5, 0.6) is 0 Å². The molecular formula is C11H27NO. The van der Waals surface area contributed by atoms with Crippen molar-refractivity contribution in [2.75, 3.05) is 0 Å². The fourth-order valence-electron chi connectivity index (χ4n) is 1.08. The van der Waals surface area contributed by atoms with Gasteiger partial charge in [0.25, 0.3) is 0 Å². The summed E-state index contributed by atoms with van der Waals surface area (Å²) in [6.07, 6.45) is 0. The summed E-state index contributed by atoms with van der Waals surface area (Å²) in [6.45, 7) is 9.87. The molecule has 0 aromatic rings. The quantitative estimate of drug-likeness (QED) is 0.737. The van der Waals surface area contributed by atoms with Crippen LogP contribution in [0.2, 0.25) is 0 Å². The zero-order valence-corrected chi connectivity index (χ0v) is 8.14. The standard InChI is InChI=1S/C9H19NO.2CH4/c1-6(2)9(11)8(5)10-7(3)4;;/h6-8,10H,1-5H3;2*1H4. The van der Waals surface area contributed by atoms with E-state index in [9.17, 15) is 4.79 Å². The number of Topliss-reactive ketones (excluding diaryl/α,β-unsaturated/α-hetero) is 1. The van der Waals surface area contributed by atoms with Crippen molar-refractivity contribution in [2.24, 2.45) is 5.92 Å². The maximum absolute atomic E-state index is 11.3. The molecule has 0 rings (SSSR count). The Morgan fingerprint density at radius 2 is 1.38 bits per heavy atom. The van der Waals surface area contributed by atoms with Crippen molar-refractivity contribution in [1.82, 2.24) is 5.32 Å². The number of hydrogen-bond donors (Lipinski definition) is 1. The van der Waals surface area contributed by atoms with Crippen LogP contribution in [0.4, 0.5) is 0 Å². The molecule has 82 valence electrons. The Labute approximate surface area is 84.1 Å². The molecule has 0 bridgehead atoms. The van der Waals surface area contributed by atoms with Gasteiger partial charge in [0.1, 0.15) is 0 Å². The van der Waals surface area contributed by atoms with Gasteiger partial charge in [-0.2, -0.15) is 0 Å². The molecule has 0 saturated carbocycles. The number of rotatable bonds is 4. The van der Waals surface area contributed by atoms with E-state index in [1.54, 1.807) is 0 Å². The van der Waals surface area contributed by atoms with Crippen LogP contribution < -0.4 is 5.32 Å². The first kappa shape index (κ1) is 18.4. The van der Waals surface area contributed by atoms with E-state index >= 15 is 0 Å². The van der Waals surface area contributed by atoms with Gasteiger partial charge in [-0.3, -0.25) is 4.79 Å². The molecule has 0 radical (unpaired) electrons. The molecule has 2 nitrogen and oxygen atoms in total. The van der Waals surface area contributed by atoms with Gasteiger partial charge in [-0.15, -0.1) is 0 Å². The zero-order valence-electron chi connectivity index (χ0n) is 8.14. The van der Waals surface area contributed by atoms with Crippen LogP contribution in [0.15, 0.2) is 0 Å². The molecule has 0 aliphatic carbocycles. The summed E-state index contributed by atoms with van der Waals surface area (Å²) in [5.41, 5.74) is 0. The van der Waals surface area contributed by atoms with Gasteiger partial charge in [-0.05, 0) is 6.92 Å². The van der Waals surface area contributed by atoms with Crippen LogP contribution in [0.3, 0.4) is 0 Å². The Balaban J connectivity index is -0.000000500. The Morgan fingerprint density at radius 1 is 1.00 bits per heavy atom. The lowest BCUT2D eigenvalue weighted by Gasteiger charge is -2.17. The van der Waals surface area contributed by atoms with Gasteiger partial charge in [0, 0.05) is 12.0 Å². The first-order valence-electron chi connectivity index (χ1n) is 4.25. The molecule has 0 heterocycles. The van der Waals surface area contributed by atoms with Gasteiger partial charge >= 0.3 is 0 Å². The van der Waals surface area contributed by atoms with Crippen LogP contribution in [-0.4, -0.2) is 17.9 Å². The molecule has 0 saturated heterocycles. The van der Waals surface area contributed by atoms with Crippen molar-refractivity contribution in [3.8, 4) is 0 Å². The molecule has 0 aromatic heterocycles. The molecule has 0 amide bonds. The van der Waals surface area contributed by atoms with E-state index in [4.69, 9.17) is 0 Å². The third kappa shape index (κ3) is 7.97. The van der Waals surface area contributed by atoms with E-state index in [0.29, 0.717) is 11.8 Å². The molecule has 0 aliphatic heterocycles. The number of hydrogen-bond acceptors (Lipinski definition) is 2. The molecular weight excluding hydrogens is 162 g/mol. The Bertz CT molecular complexity index is 130. The molecule has 13 heavy (non-hydrogen) atoms. The van der Waals surface area contributed by atoms with Crippen LogP contribution in [-0.2, 0) is 4.79 Å². The first-order chi connectivity index (χ1) is 4.95. The average Bonchev–Trinajstić information content (AvgIpc) is 1.84. The maximum atomic E-state index is 11.3. The van der Waals surface area contributed by atoms with Crippen molar-refractivity contribution in [2.45, 2.75) is 61.6 Å². The Morgan fingerprint density at radius 3 is 1.62 bits per heavy atom. The molecule has 0 spiro atoms. The van der Waals surface area contributed by atoms with Gasteiger partial charge in [0.2, 0.25) is 0 Å². The summed E-state index contributed by atoms with van der Waals surface area (Å²) in [6, 6.07) is 0.377. The normalized spacial score (nSPS) is 11.9. The zero-order chi connectivity index (χ0) is 9.02. The molecule has 1 N–H and O–H groups in total. The lowest BCUT2D eigenvalue weighted by molar-refractivity contribution is -0.123. The Hall–Kier alpha value is -0.370. The topological polar surface area (TPSA) is 29.1 Å². The molecule has 0 aliphatic rings. The highest BCUT2D eigenvalue weighted by molar-refractivity contribution is 5.85. The van der Waals surface area contributed by atoms with E-state index in [0.717, 1.165) is 0 Å². The fourth-order valence-corrected chi connectivity index (χ4v) is 1.08. The third-order valence-corrected chi connectivity index (χ3v) is 1.58. The summed E-state index contributed by atoms with van der Waals surface area (Å²) in [7, 11) is 0. The summed E-state index contributed by atoms with van der Waals surface area (Å²) in [5.74, 6) is 0.426. The molecule has 1 unspecified atom stereocenters. The van der Waals surface area contributed by atoms with Gasteiger partial charge < -0.3 is 5.32 Å². The van der Waals surface area contributed by atoms with Gasteiger partial charge in [0.05, 0.1) is 6.04 Å². The second kappa shape index (κ2) is 8.24. The van der Waals surface area contributed by atoms with Crippen LogP contribution in [0.25, 0.3) is 0 Å². The van der Waals surface area contributed by atoms with Crippen LogP contribution in [0, 0.1) is 5.92 Å². The van der Waals surface area contributed by atoms with E-state index in [2.05, 4.69) is 5.32 Å². The largest absolute Gasteiger partial charge is 0.305 e.